The lowest BCUT2D eigenvalue weighted by Crippen LogP contribution is -2.14. The third-order valence-electron chi connectivity index (χ3n) is 2.12. The summed E-state index contributed by atoms with van der Waals surface area (Å²) < 4.78 is 10.9. The van der Waals surface area contributed by atoms with E-state index >= 15 is 0 Å². The van der Waals surface area contributed by atoms with Gasteiger partial charge >= 0.3 is 5.71 Å². The van der Waals surface area contributed by atoms with E-state index in [1.54, 1.807) is 6.08 Å². The molecule has 1 rings (SSSR count). The molecule has 1 aliphatic carbocycles. The molecule has 1 aliphatic rings. The van der Waals surface area contributed by atoms with Crippen LogP contribution in [0.2, 0.25) is 0 Å². The standard InChI is InChI=1S/C12H18N2O2/c1-3-7-15-10-5-6-12(16-8-4-2)11(9-10)14-13/h5-6H,3-4,7-9H2,1-2H3. The van der Waals surface area contributed by atoms with E-state index in [9.17, 15) is 0 Å². The van der Waals surface area contributed by atoms with Crippen LogP contribution < -0.4 is 0 Å². The van der Waals surface area contributed by atoms with E-state index in [4.69, 9.17) is 15.0 Å². The fourth-order valence-electron chi connectivity index (χ4n) is 1.34. The molecule has 0 bridgehead atoms. The molecule has 0 radical (unpaired) electrons. The highest BCUT2D eigenvalue weighted by Crippen LogP contribution is 2.17. The molecular formula is C12H18N2O2. The minimum Gasteiger partial charge on any atom is -0.497 e. The van der Waals surface area contributed by atoms with E-state index in [1.165, 1.54) is 0 Å². The van der Waals surface area contributed by atoms with Crippen molar-refractivity contribution in [3.63, 3.8) is 0 Å². The summed E-state index contributed by atoms with van der Waals surface area (Å²) in [6.45, 7) is 5.40. The lowest BCUT2D eigenvalue weighted by Gasteiger charge is -2.12. The van der Waals surface area contributed by atoms with E-state index < -0.39 is 0 Å². The second-order valence-corrected chi connectivity index (χ2v) is 3.58. The van der Waals surface area contributed by atoms with Gasteiger partial charge in [0.15, 0.2) is 0 Å². The third kappa shape index (κ3) is 3.55. The average Bonchev–Trinajstić information content (AvgIpc) is 2.34. The van der Waals surface area contributed by atoms with Crippen LogP contribution >= 0.6 is 0 Å². The number of hydrogen-bond donors (Lipinski definition) is 0. The Bertz CT molecular complexity index is 339. The third-order valence-corrected chi connectivity index (χ3v) is 2.12. The molecule has 88 valence electrons. The van der Waals surface area contributed by atoms with Gasteiger partial charge in [0.1, 0.15) is 12.2 Å². The summed E-state index contributed by atoms with van der Waals surface area (Å²) in [5, 5.41) is 0. The van der Waals surface area contributed by atoms with Crippen molar-refractivity contribution in [3.8, 4) is 0 Å². The van der Waals surface area contributed by atoms with Gasteiger partial charge in [0.05, 0.1) is 13.2 Å². The van der Waals surface area contributed by atoms with Crippen molar-refractivity contribution in [1.82, 2.24) is 0 Å². The second kappa shape index (κ2) is 6.85. The van der Waals surface area contributed by atoms with Gasteiger partial charge in [-0.2, -0.15) is 4.79 Å². The fourth-order valence-corrected chi connectivity index (χ4v) is 1.34. The van der Waals surface area contributed by atoms with Crippen LogP contribution in [0.25, 0.3) is 5.53 Å². The van der Waals surface area contributed by atoms with Crippen molar-refractivity contribution in [1.29, 1.82) is 0 Å². The number of ether oxygens (including phenoxy) is 2. The topological polar surface area (TPSA) is 54.9 Å². The van der Waals surface area contributed by atoms with Crippen molar-refractivity contribution in [3.05, 3.63) is 29.2 Å². The Labute approximate surface area is 96.2 Å². The molecular weight excluding hydrogens is 204 g/mol. The molecule has 0 heterocycles. The Hall–Kier alpha value is -1.54. The quantitative estimate of drug-likeness (QED) is 0.512. The van der Waals surface area contributed by atoms with E-state index in [0.29, 0.717) is 31.1 Å². The van der Waals surface area contributed by atoms with Crippen LogP contribution in [0.3, 0.4) is 0 Å². The summed E-state index contributed by atoms with van der Waals surface area (Å²) in [5.41, 5.74) is 9.42. The van der Waals surface area contributed by atoms with Crippen molar-refractivity contribution < 1.29 is 14.3 Å². The van der Waals surface area contributed by atoms with E-state index in [-0.39, 0.29) is 0 Å². The molecule has 0 saturated heterocycles. The highest BCUT2D eigenvalue weighted by atomic mass is 16.5. The van der Waals surface area contributed by atoms with Gasteiger partial charge in [-0.15, -0.1) is 0 Å². The zero-order valence-corrected chi connectivity index (χ0v) is 9.90. The Balaban J connectivity index is 2.65. The zero-order chi connectivity index (χ0) is 11.8. The Kier molecular flexibility index (Phi) is 5.37. The minimum absolute atomic E-state index is 0.492. The van der Waals surface area contributed by atoms with Gasteiger partial charge < -0.3 is 15.0 Å². The fraction of sp³-hybridized carbons (Fsp3) is 0.583. The molecule has 0 aromatic rings. The predicted molar refractivity (Wildman–Crippen MR) is 61.9 cm³/mol. The molecule has 0 aliphatic heterocycles. The Morgan fingerprint density at radius 3 is 2.50 bits per heavy atom. The molecule has 0 fully saturated rings. The lowest BCUT2D eigenvalue weighted by molar-refractivity contribution is -0.0136. The molecule has 0 aromatic heterocycles. The number of rotatable bonds is 6. The molecule has 0 atom stereocenters. The van der Waals surface area contributed by atoms with Gasteiger partial charge in [0, 0.05) is 0 Å². The van der Waals surface area contributed by atoms with Crippen LogP contribution in [0.15, 0.2) is 23.7 Å². The molecule has 0 spiro atoms. The van der Waals surface area contributed by atoms with Crippen molar-refractivity contribution in [2.24, 2.45) is 0 Å². The van der Waals surface area contributed by atoms with E-state index in [2.05, 4.69) is 11.7 Å². The van der Waals surface area contributed by atoms with E-state index in [0.717, 1.165) is 18.6 Å². The molecule has 0 unspecified atom stereocenters. The summed E-state index contributed by atoms with van der Waals surface area (Å²) in [4.78, 5) is 3.24. The second-order valence-electron chi connectivity index (χ2n) is 3.58. The largest absolute Gasteiger partial charge is 0.497 e. The summed E-state index contributed by atoms with van der Waals surface area (Å²) in [6, 6.07) is 0. The van der Waals surface area contributed by atoms with Crippen molar-refractivity contribution >= 4 is 5.71 Å². The van der Waals surface area contributed by atoms with Crippen LogP contribution in [-0.2, 0) is 9.47 Å². The molecule has 16 heavy (non-hydrogen) atoms. The Morgan fingerprint density at radius 1 is 1.19 bits per heavy atom. The smallest absolute Gasteiger partial charge is 0.340 e. The highest BCUT2D eigenvalue weighted by molar-refractivity contribution is 5.96. The number of hydrogen-bond acceptors (Lipinski definition) is 2. The normalized spacial score (nSPS) is 15.0. The number of nitrogens with zero attached hydrogens (tertiary/aromatic N) is 2. The van der Waals surface area contributed by atoms with Gasteiger partial charge in [0.25, 0.3) is 0 Å². The maximum Gasteiger partial charge on any atom is 0.340 e. The average molecular weight is 222 g/mol. The SMILES string of the molecule is CCCOC1=CC=C(OCCC)C(=[N+]=[N-])C1. The minimum atomic E-state index is 0.492. The summed E-state index contributed by atoms with van der Waals surface area (Å²) >= 11 is 0. The number of allylic oxidation sites excluding steroid dienone is 4. The molecule has 0 N–H and O–H groups in total. The van der Waals surface area contributed by atoms with Crippen LogP contribution in [0.5, 0.6) is 0 Å². The van der Waals surface area contributed by atoms with Gasteiger partial charge in [-0.3, -0.25) is 0 Å². The monoisotopic (exact) mass is 222 g/mol. The van der Waals surface area contributed by atoms with E-state index in [1.807, 2.05) is 13.0 Å². The summed E-state index contributed by atoms with van der Waals surface area (Å²) in [7, 11) is 0. The van der Waals surface area contributed by atoms with Crippen LogP contribution in [-0.4, -0.2) is 23.7 Å². The van der Waals surface area contributed by atoms with Gasteiger partial charge in [-0.1, -0.05) is 13.8 Å². The molecule has 4 heteroatoms. The highest BCUT2D eigenvalue weighted by Gasteiger charge is 2.23. The van der Waals surface area contributed by atoms with Gasteiger partial charge in [-0.05, 0) is 25.0 Å². The summed E-state index contributed by atoms with van der Waals surface area (Å²) in [5.74, 6) is 1.45. The molecule has 4 nitrogen and oxygen atoms in total. The maximum absolute atomic E-state index is 8.89. The van der Waals surface area contributed by atoms with Crippen molar-refractivity contribution in [2.45, 2.75) is 33.1 Å². The summed E-state index contributed by atoms with van der Waals surface area (Å²) in [6.07, 6.45) is 6.05. The van der Waals surface area contributed by atoms with Crippen LogP contribution in [0, 0.1) is 0 Å². The first-order chi connectivity index (χ1) is 7.81. The molecule has 0 amide bonds. The Morgan fingerprint density at radius 2 is 1.88 bits per heavy atom. The van der Waals surface area contributed by atoms with Crippen LogP contribution in [0.4, 0.5) is 0 Å². The van der Waals surface area contributed by atoms with Crippen molar-refractivity contribution in [2.75, 3.05) is 13.2 Å². The van der Waals surface area contributed by atoms with Crippen LogP contribution in [0.1, 0.15) is 33.1 Å². The van der Waals surface area contributed by atoms with Gasteiger partial charge in [0.2, 0.25) is 5.76 Å². The molecule has 0 saturated carbocycles. The lowest BCUT2D eigenvalue weighted by atomic mass is 10.1. The predicted octanol–water partition coefficient (Wildman–Crippen LogP) is 2.68. The first-order valence-electron chi connectivity index (χ1n) is 5.69. The van der Waals surface area contributed by atoms with Gasteiger partial charge in [-0.25, -0.2) is 0 Å². The first-order valence-corrected chi connectivity index (χ1v) is 5.69. The molecule has 0 aromatic carbocycles. The first kappa shape index (κ1) is 12.5. The zero-order valence-electron chi connectivity index (χ0n) is 9.90. The maximum atomic E-state index is 8.89.